The predicted octanol–water partition coefficient (Wildman–Crippen LogP) is 1.80. The molecule has 0 saturated carbocycles. The molecule has 4 rings (SSSR count). The van der Waals surface area contributed by atoms with Gasteiger partial charge < -0.3 is 19.9 Å². The predicted molar refractivity (Wildman–Crippen MR) is 98.5 cm³/mol. The fourth-order valence-electron chi connectivity index (χ4n) is 4.21. The number of piperidine rings is 1. The number of carboxylic acid groups (broad SMARTS) is 1. The molecule has 2 amide bonds. The molecule has 2 bridgehead atoms. The van der Waals surface area contributed by atoms with Crippen molar-refractivity contribution in [2.45, 2.75) is 24.9 Å². The van der Waals surface area contributed by atoms with Gasteiger partial charge in [-0.3, -0.25) is 4.79 Å². The summed E-state index contributed by atoms with van der Waals surface area (Å²) in [4.78, 5) is 38.2. The van der Waals surface area contributed by atoms with E-state index in [1.54, 1.807) is 51.9 Å². The third-order valence-corrected chi connectivity index (χ3v) is 5.41. The summed E-state index contributed by atoms with van der Waals surface area (Å²) in [5, 5.41) is 12.2. The highest BCUT2D eigenvalue weighted by Crippen LogP contribution is 2.35. The summed E-state index contributed by atoms with van der Waals surface area (Å²) < 4.78 is 1.80. The number of carbonyl (C=O) groups is 2. The molecule has 0 unspecified atom stereocenters. The molecule has 140 valence electrons. The third-order valence-electron chi connectivity index (χ3n) is 5.41. The number of amides is 2. The van der Waals surface area contributed by atoms with E-state index in [1.807, 2.05) is 6.07 Å². The van der Waals surface area contributed by atoms with Gasteiger partial charge in [-0.15, -0.1) is 0 Å². The summed E-state index contributed by atoms with van der Waals surface area (Å²) in [5.41, 5.74) is 1.48. The molecule has 3 atom stereocenters. The first kappa shape index (κ1) is 17.3. The van der Waals surface area contributed by atoms with Crippen molar-refractivity contribution < 1.29 is 14.7 Å². The number of likely N-dealkylation sites (tertiary alicyclic amines) is 1. The van der Waals surface area contributed by atoms with Crippen LogP contribution >= 0.6 is 0 Å². The Kier molecular flexibility index (Phi) is 4.43. The molecule has 0 spiro atoms. The van der Waals surface area contributed by atoms with Crippen LogP contribution < -0.4 is 10.9 Å². The van der Waals surface area contributed by atoms with Crippen molar-refractivity contribution in [3.8, 4) is 0 Å². The van der Waals surface area contributed by atoms with E-state index in [9.17, 15) is 19.5 Å². The van der Waals surface area contributed by atoms with Crippen LogP contribution in [0.1, 0.15) is 29.6 Å². The number of aromatic nitrogens is 1. The van der Waals surface area contributed by atoms with Crippen molar-refractivity contribution in [2.24, 2.45) is 5.92 Å². The maximum atomic E-state index is 12.8. The minimum atomic E-state index is -1.09. The number of fused-ring (bicyclic) bond motifs is 4. The molecule has 0 radical (unpaired) electrons. The lowest BCUT2D eigenvalue weighted by molar-refractivity contribution is -0.139. The van der Waals surface area contributed by atoms with Crippen LogP contribution in [-0.2, 0) is 11.3 Å². The Morgan fingerprint density at radius 3 is 2.56 bits per heavy atom. The number of benzene rings is 1. The Morgan fingerprint density at radius 2 is 1.81 bits per heavy atom. The fourth-order valence-corrected chi connectivity index (χ4v) is 4.21. The zero-order chi connectivity index (χ0) is 19.0. The van der Waals surface area contributed by atoms with E-state index in [2.05, 4.69) is 5.32 Å². The quantitative estimate of drug-likeness (QED) is 0.865. The smallest absolute Gasteiger partial charge is 0.330 e. The van der Waals surface area contributed by atoms with Gasteiger partial charge >= 0.3 is 12.0 Å². The Labute approximate surface area is 156 Å². The number of nitrogens with zero attached hydrogens (tertiary/aromatic N) is 2. The van der Waals surface area contributed by atoms with Crippen molar-refractivity contribution in [1.29, 1.82) is 0 Å². The number of rotatable bonds is 3. The number of hydrogen-bond acceptors (Lipinski definition) is 3. The summed E-state index contributed by atoms with van der Waals surface area (Å²) in [7, 11) is 0. The molecule has 2 aromatic rings. The maximum Gasteiger partial charge on any atom is 0.330 e. The second kappa shape index (κ2) is 6.90. The van der Waals surface area contributed by atoms with Crippen LogP contribution in [0.25, 0.3) is 0 Å². The second-order valence-electron chi connectivity index (χ2n) is 7.23. The van der Waals surface area contributed by atoms with E-state index in [4.69, 9.17) is 0 Å². The molecule has 3 heterocycles. The molecule has 1 aromatic heterocycles. The molecule has 1 fully saturated rings. The van der Waals surface area contributed by atoms with E-state index >= 15 is 0 Å². The number of aliphatic carboxylic acids is 1. The Balaban J connectivity index is 1.52. The number of urea groups is 1. The molecular weight excluding hydrogens is 346 g/mol. The lowest BCUT2D eigenvalue weighted by atomic mass is 9.83. The minimum Gasteiger partial charge on any atom is -0.479 e. The van der Waals surface area contributed by atoms with Gasteiger partial charge in [0.15, 0.2) is 6.04 Å². The molecule has 7 heteroatoms. The number of nitrogens with one attached hydrogen (secondary N) is 1. The molecule has 0 aliphatic carbocycles. The Morgan fingerprint density at radius 1 is 1.04 bits per heavy atom. The average molecular weight is 367 g/mol. The van der Waals surface area contributed by atoms with Crippen molar-refractivity contribution in [3.63, 3.8) is 0 Å². The summed E-state index contributed by atoms with van der Waals surface area (Å²) >= 11 is 0. The minimum absolute atomic E-state index is 0.00452. The molecule has 2 aliphatic heterocycles. The SMILES string of the molecule is O=C(O)[C@H](NC(=O)N1C[C@H]2C[C@H](C1)c1cccc(=O)n1C2)c1ccccc1. The van der Waals surface area contributed by atoms with E-state index in [0.29, 0.717) is 25.2 Å². The van der Waals surface area contributed by atoms with Gasteiger partial charge in [0.2, 0.25) is 0 Å². The fraction of sp³-hybridized carbons (Fsp3) is 0.350. The van der Waals surface area contributed by atoms with Crippen LogP contribution in [-0.4, -0.2) is 39.7 Å². The van der Waals surface area contributed by atoms with E-state index in [-0.39, 0.29) is 23.4 Å². The maximum absolute atomic E-state index is 12.8. The van der Waals surface area contributed by atoms with Gasteiger partial charge in [-0.25, -0.2) is 9.59 Å². The van der Waals surface area contributed by atoms with Crippen LogP contribution in [0.2, 0.25) is 0 Å². The third kappa shape index (κ3) is 3.32. The standard InChI is InChI=1S/C20H21N3O4/c24-17-8-4-7-16-15-9-13(11-23(16)17)10-22(12-15)20(27)21-18(19(25)26)14-5-2-1-3-6-14/h1-8,13,15,18H,9-12H2,(H,21,27)(H,25,26)/t13-,15-,18-/m1/s1. The van der Waals surface area contributed by atoms with E-state index < -0.39 is 12.0 Å². The summed E-state index contributed by atoms with van der Waals surface area (Å²) in [5.74, 6) is -0.803. The molecule has 7 nitrogen and oxygen atoms in total. The molecule has 2 N–H and O–H groups in total. The first-order chi connectivity index (χ1) is 13.0. The summed E-state index contributed by atoms with van der Waals surface area (Å²) in [6.07, 6.45) is 0.939. The Bertz CT molecular complexity index is 924. The lowest BCUT2D eigenvalue weighted by Gasteiger charge is -2.42. The normalized spacial score (nSPS) is 21.9. The van der Waals surface area contributed by atoms with Crippen LogP contribution in [0.3, 0.4) is 0 Å². The highest BCUT2D eigenvalue weighted by molar-refractivity contribution is 5.83. The van der Waals surface area contributed by atoms with Gasteiger partial charge in [0.1, 0.15) is 0 Å². The molecule has 1 aromatic carbocycles. The highest BCUT2D eigenvalue weighted by atomic mass is 16.4. The van der Waals surface area contributed by atoms with Crippen molar-refractivity contribution in [3.05, 3.63) is 70.1 Å². The number of carboxylic acids is 1. The topological polar surface area (TPSA) is 91.6 Å². The number of carbonyl (C=O) groups excluding carboxylic acids is 1. The van der Waals surface area contributed by atoms with Crippen LogP contribution in [0.5, 0.6) is 0 Å². The zero-order valence-corrected chi connectivity index (χ0v) is 14.7. The molecular formula is C20H21N3O4. The Hall–Kier alpha value is -3.09. The monoisotopic (exact) mass is 367 g/mol. The number of hydrogen-bond donors (Lipinski definition) is 2. The molecule has 2 aliphatic rings. The number of pyridine rings is 1. The highest BCUT2D eigenvalue weighted by Gasteiger charge is 2.37. The van der Waals surface area contributed by atoms with Gasteiger partial charge in [0.05, 0.1) is 0 Å². The summed E-state index contributed by atoms with van der Waals surface area (Å²) in [6, 6.07) is 12.5. The first-order valence-corrected chi connectivity index (χ1v) is 9.06. The largest absolute Gasteiger partial charge is 0.479 e. The second-order valence-corrected chi connectivity index (χ2v) is 7.23. The van der Waals surface area contributed by atoms with Crippen molar-refractivity contribution in [1.82, 2.24) is 14.8 Å². The van der Waals surface area contributed by atoms with Gasteiger partial charge in [-0.1, -0.05) is 36.4 Å². The van der Waals surface area contributed by atoms with Crippen LogP contribution in [0.4, 0.5) is 4.79 Å². The molecule has 27 heavy (non-hydrogen) atoms. The van der Waals surface area contributed by atoms with Crippen LogP contribution in [0.15, 0.2) is 53.3 Å². The average Bonchev–Trinajstić information content (AvgIpc) is 2.67. The van der Waals surface area contributed by atoms with Gasteiger partial charge in [-0.2, -0.15) is 0 Å². The first-order valence-electron chi connectivity index (χ1n) is 9.06. The van der Waals surface area contributed by atoms with Crippen molar-refractivity contribution >= 4 is 12.0 Å². The van der Waals surface area contributed by atoms with Crippen molar-refractivity contribution in [2.75, 3.05) is 13.1 Å². The lowest BCUT2D eigenvalue weighted by Crippen LogP contribution is -2.52. The zero-order valence-electron chi connectivity index (χ0n) is 14.7. The van der Waals surface area contributed by atoms with Gasteiger partial charge in [-0.05, 0) is 24.0 Å². The van der Waals surface area contributed by atoms with Gasteiger partial charge in [0, 0.05) is 37.3 Å². The van der Waals surface area contributed by atoms with Gasteiger partial charge in [0.25, 0.3) is 5.56 Å². The van der Waals surface area contributed by atoms with E-state index in [1.165, 1.54) is 0 Å². The van der Waals surface area contributed by atoms with Crippen LogP contribution in [0, 0.1) is 5.92 Å². The van der Waals surface area contributed by atoms with E-state index in [0.717, 1.165) is 12.1 Å². The summed E-state index contributed by atoms with van der Waals surface area (Å²) in [6.45, 7) is 1.59. The molecule has 1 saturated heterocycles.